The Morgan fingerprint density at radius 1 is 1.00 bits per heavy atom. The second kappa shape index (κ2) is 9.55. The molecule has 1 atom stereocenters. The molecule has 0 spiro atoms. The minimum atomic E-state index is -1.40. The molecule has 0 bridgehead atoms. The smallest absolute Gasteiger partial charge is 0.340 e. The number of fused-ring (bicyclic) bond motifs is 1. The number of carbonyl (C=O) groups is 2. The number of nitro benzene ring substituents is 1. The number of pyridine rings is 1. The lowest BCUT2D eigenvalue weighted by molar-refractivity contribution is -0.384. The van der Waals surface area contributed by atoms with Crippen molar-refractivity contribution in [2.24, 2.45) is 0 Å². The Bertz CT molecular complexity index is 1470. The number of nitrogens with one attached hydrogen (secondary N) is 2. The van der Waals surface area contributed by atoms with Gasteiger partial charge < -0.3 is 15.0 Å². The zero-order valence-corrected chi connectivity index (χ0v) is 18.1. The first kappa shape index (κ1) is 22.7. The fourth-order valence-corrected chi connectivity index (χ4v) is 3.57. The van der Waals surface area contributed by atoms with Crippen LogP contribution in [0.3, 0.4) is 0 Å². The minimum absolute atomic E-state index is 0.00443. The van der Waals surface area contributed by atoms with Gasteiger partial charge in [-0.1, -0.05) is 60.1 Å². The van der Waals surface area contributed by atoms with Crippen LogP contribution in [0.25, 0.3) is 10.9 Å². The van der Waals surface area contributed by atoms with Gasteiger partial charge in [-0.25, -0.2) is 4.79 Å². The summed E-state index contributed by atoms with van der Waals surface area (Å²) in [5.74, 6) is -1.63. The number of hydrogen-bond donors (Lipinski definition) is 2. The van der Waals surface area contributed by atoms with E-state index in [2.05, 4.69) is 10.3 Å². The van der Waals surface area contributed by atoms with Crippen molar-refractivity contribution >= 4 is 45.8 Å². The molecule has 1 heterocycles. The molecule has 1 amide bonds. The van der Waals surface area contributed by atoms with Crippen LogP contribution in [0.1, 0.15) is 22.0 Å². The fraction of sp³-hybridized carbons (Fsp3) is 0.0417. The summed E-state index contributed by atoms with van der Waals surface area (Å²) >= 11 is 5.83. The third kappa shape index (κ3) is 4.79. The average molecular weight is 478 g/mol. The molecular formula is C24H16ClN3O6. The average Bonchev–Trinajstić information content (AvgIpc) is 2.83. The molecule has 4 rings (SSSR count). The van der Waals surface area contributed by atoms with Crippen LogP contribution in [0.4, 0.5) is 11.4 Å². The van der Waals surface area contributed by atoms with Crippen molar-refractivity contribution in [2.45, 2.75) is 6.10 Å². The zero-order valence-electron chi connectivity index (χ0n) is 17.4. The van der Waals surface area contributed by atoms with Crippen molar-refractivity contribution in [1.29, 1.82) is 0 Å². The summed E-state index contributed by atoms with van der Waals surface area (Å²) in [5, 5.41) is 14.0. The van der Waals surface area contributed by atoms with Crippen molar-refractivity contribution < 1.29 is 19.2 Å². The number of H-pyrrole nitrogens is 1. The predicted molar refractivity (Wildman–Crippen MR) is 126 cm³/mol. The molecular weight excluding hydrogens is 462 g/mol. The van der Waals surface area contributed by atoms with Gasteiger partial charge in [0.1, 0.15) is 5.02 Å². The third-order valence-corrected chi connectivity index (χ3v) is 5.27. The molecule has 3 aromatic carbocycles. The van der Waals surface area contributed by atoms with Gasteiger partial charge in [0, 0.05) is 34.3 Å². The van der Waals surface area contributed by atoms with Crippen molar-refractivity contribution in [3.8, 4) is 0 Å². The van der Waals surface area contributed by atoms with Gasteiger partial charge >= 0.3 is 5.97 Å². The van der Waals surface area contributed by atoms with E-state index in [4.69, 9.17) is 16.3 Å². The second-order valence-electron chi connectivity index (χ2n) is 7.20. The molecule has 9 nitrogen and oxygen atoms in total. The number of ether oxygens (including phenoxy) is 1. The maximum atomic E-state index is 13.1. The Labute approximate surface area is 197 Å². The number of rotatable bonds is 6. The maximum Gasteiger partial charge on any atom is 0.340 e. The van der Waals surface area contributed by atoms with Crippen LogP contribution >= 0.6 is 11.6 Å². The van der Waals surface area contributed by atoms with Crippen LogP contribution in [0, 0.1) is 10.1 Å². The van der Waals surface area contributed by atoms with Crippen LogP contribution in [-0.2, 0) is 9.53 Å². The number of benzene rings is 3. The van der Waals surface area contributed by atoms with Gasteiger partial charge in [-0.05, 0) is 18.2 Å². The van der Waals surface area contributed by atoms with E-state index in [9.17, 15) is 24.5 Å². The largest absolute Gasteiger partial charge is 0.444 e. The van der Waals surface area contributed by atoms with Gasteiger partial charge in [0.05, 0.1) is 10.5 Å². The lowest BCUT2D eigenvalue weighted by Gasteiger charge is -2.18. The minimum Gasteiger partial charge on any atom is -0.444 e. The molecule has 0 saturated heterocycles. The van der Waals surface area contributed by atoms with Gasteiger partial charge in [-0.3, -0.25) is 19.7 Å². The van der Waals surface area contributed by atoms with E-state index in [0.717, 1.165) is 12.1 Å². The molecule has 2 N–H and O–H groups in total. The molecule has 34 heavy (non-hydrogen) atoms. The molecule has 10 heteroatoms. The van der Waals surface area contributed by atoms with Gasteiger partial charge in [0.2, 0.25) is 11.7 Å². The number of carbonyl (C=O) groups excluding carboxylic acids is 2. The molecule has 0 radical (unpaired) electrons. The van der Waals surface area contributed by atoms with E-state index in [1.165, 1.54) is 12.1 Å². The predicted octanol–water partition coefficient (Wildman–Crippen LogP) is 4.63. The highest BCUT2D eigenvalue weighted by Gasteiger charge is 2.27. The molecule has 0 fully saturated rings. The first-order valence-corrected chi connectivity index (χ1v) is 10.3. The monoisotopic (exact) mass is 477 g/mol. The molecule has 170 valence electrons. The van der Waals surface area contributed by atoms with Gasteiger partial charge in [0.25, 0.3) is 11.6 Å². The Kier molecular flexibility index (Phi) is 6.37. The summed E-state index contributed by atoms with van der Waals surface area (Å²) in [7, 11) is 0. The van der Waals surface area contributed by atoms with Crippen LogP contribution in [0.15, 0.2) is 83.7 Å². The van der Waals surface area contributed by atoms with Gasteiger partial charge in [-0.15, -0.1) is 0 Å². The van der Waals surface area contributed by atoms with Crippen molar-refractivity contribution in [2.75, 3.05) is 5.32 Å². The molecule has 1 unspecified atom stereocenters. The highest BCUT2D eigenvalue weighted by Crippen LogP contribution is 2.29. The highest BCUT2D eigenvalue weighted by molar-refractivity contribution is 6.32. The number of nitrogens with zero attached hydrogens (tertiary/aromatic N) is 1. The van der Waals surface area contributed by atoms with Crippen molar-refractivity contribution in [3.63, 3.8) is 0 Å². The van der Waals surface area contributed by atoms with Crippen LogP contribution in [-0.4, -0.2) is 21.8 Å². The van der Waals surface area contributed by atoms with E-state index in [0.29, 0.717) is 16.5 Å². The number of amides is 1. The van der Waals surface area contributed by atoms with E-state index < -0.39 is 28.5 Å². The number of esters is 1. The first-order chi connectivity index (χ1) is 16.3. The summed E-state index contributed by atoms with van der Waals surface area (Å²) in [6.07, 6.45) is -1.40. The molecule has 0 aliphatic heterocycles. The summed E-state index contributed by atoms with van der Waals surface area (Å²) in [6.45, 7) is 0. The highest BCUT2D eigenvalue weighted by atomic mass is 35.5. The van der Waals surface area contributed by atoms with Gasteiger partial charge in [0.15, 0.2) is 0 Å². The molecule has 0 aliphatic carbocycles. The Morgan fingerprint density at radius 3 is 2.44 bits per heavy atom. The number of hydrogen-bond acceptors (Lipinski definition) is 6. The molecule has 0 saturated carbocycles. The van der Waals surface area contributed by atoms with E-state index in [1.807, 2.05) is 0 Å². The Morgan fingerprint density at radius 2 is 1.71 bits per heavy atom. The summed E-state index contributed by atoms with van der Waals surface area (Å²) < 4.78 is 5.56. The topological polar surface area (TPSA) is 131 Å². The van der Waals surface area contributed by atoms with Crippen molar-refractivity contribution in [1.82, 2.24) is 4.98 Å². The summed E-state index contributed by atoms with van der Waals surface area (Å²) in [4.78, 5) is 51.4. The number of nitro groups is 1. The zero-order chi connectivity index (χ0) is 24.2. The quantitative estimate of drug-likeness (QED) is 0.236. The summed E-state index contributed by atoms with van der Waals surface area (Å²) in [6, 6.07) is 19.8. The van der Waals surface area contributed by atoms with E-state index in [1.54, 1.807) is 54.6 Å². The molecule has 1 aromatic heterocycles. The molecule has 0 aliphatic rings. The van der Waals surface area contributed by atoms with Gasteiger partial charge in [-0.2, -0.15) is 0 Å². The number of aromatic nitrogens is 1. The normalized spacial score (nSPS) is 11.6. The SMILES string of the molecule is O=C(OC(C(=O)Nc1ccc(Cl)c([N+](=O)[O-])c1)c1ccccc1)c1cc(=O)[nH]c2ccccc12. The van der Waals surface area contributed by atoms with Crippen LogP contribution in [0.2, 0.25) is 5.02 Å². The first-order valence-electron chi connectivity index (χ1n) is 9.96. The lowest BCUT2D eigenvalue weighted by Crippen LogP contribution is -2.26. The lowest BCUT2D eigenvalue weighted by atomic mass is 10.1. The Balaban J connectivity index is 1.68. The number of anilines is 1. The number of halogens is 1. The Hall–Kier alpha value is -4.50. The fourth-order valence-electron chi connectivity index (χ4n) is 3.38. The second-order valence-corrected chi connectivity index (χ2v) is 7.61. The van der Waals surface area contributed by atoms with Crippen LogP contribution < -0.4 is 10.9 Å². The maximum absolute atomic E-state index is 13.1. The van der Waals surface area contributed by atoms with E-state index >= 15 is 0 Å². The van der Waals surface area contributed by atoms with Crippen LogP contribution in [0.5, 0.6) is 0 Å². The third-order valence-electron chi connectivity index (χ3n) is 4.95. The number of para-hydroxylation sites is 1. The van der Waals surface area contributed by atoms with Crippen molar-refractivity contribution in [3.05, 3.63) is 115 Å². The van der Waals surface area contributed by atoms with E-state index in [-0.39, 0.29) is 22.0 Å². The molecule has 4 aromatic rings. The standard InChI is InChI=1S/C24H16ClN3O6/c25-18-11-10-15(12-20(18)28(32)33)26-23(30)22(14-6-2-1-3-7-14)34-24(31)17-13-21(29)27-19-9-5-4-8-16(17)19/h1-13,22H,(H,26,30)(H,27,29). The number of aromatic amines is 1. The summed E-state index contributed by atoms with van der Waals surface area (Å²) in [5.41, 5.74) is 0.0135.